The summed E-state index contributed by atoms with van der Waals surface area (Å²) in [7, 11) is 0. The summed E-state index contributed by atoms with van der Waals surface area (Å²) in [4.78, 5) is 12.9. The third-order valence-corrected chi connectivity index (χ3v) is 5.11. The molecule has 2 aromatic rings. The van der Waals surface area contributed by atoms with Crippen LogP contribution in [0.3, 0.4) is 0 Å². The number of amides is 1. The molecule has 2 aromatic carbocycles. The Morgan fingerprint density at radius 1 is 0.704 bits per heavy atom. The molecule has 27 heavy (non-hydrogen) atoms. The van der Waals surface area contributed by atoms with Gasteiger partial charge in [-0.3, -0.25) is 4.79 Å². The van der Waals surface area contributed by atoms with Gasteiger partial charge in [0.15, 0.2) is 0 Å². The van der Waals surface area contributed by atoms with Gasteiger partial charge in [0.2, 0.25) is 5.91 Å². The molecule has 0 saturated heterocycles. The van der Waals surface area contributed by atoms with E-state index < -0.39 is 0 Å². The summed E-state index contributed by atoms with van der Waals surface area (Å²) in [5.41, 5.74) is 2.10. The van der Waals surface area contributed by atoms with Gasteiger partial charge in [-0.2, -0.15) is 0 Å². The number of carbonyl (C=O) groups excluding carboxylic acids is 1. The third-order valence-electron chi connectivity index (χ3n) is 5.11. The quantitative estimate of drug-likeness (QED) is 0.405. The van der Waals surface area contributed by atoms with Crippen LogP contribution in [0.4, 0.5) is 0 Å². The summed E-state index contributed by atoms with van der Waals surface area (Å²) in [6.07, 6.45) is 11.7. The van der Waals surface area contributed by atoms with Crippen LogP contribution in [-0.4, -0.2) is 12.5 Å². The summed E-state index contributed by atoms with van der Waals surface area (Å²) in [5.74, 6) is -0.127. The SMILES string of the molecule is CCCCCCCCCCCNC(=O)C(c1ccccc1)c1ccccc1. The molecule has 1 amide bonds. The van der Waals surface area contributed by atoms with Gasteiger partial charge >= 0.3 is 0 Å². The van der Waals surface area contributed by atoms with E-state index in [0.717, 1.165) is 24.1 Å². The maximum Gasteiger partial charge on any atom is 0.232 e. The standard InChI is InChI=1S/C25H35NO/c1-2-3-4-5-6-7-8-9-16-21-26-25(27)24(22-17-12-10-13-18-22)23-19-14-11-15-20-23/h10-15,17-20,24H,2-9,16,21H2,1H3,(H,26,27). The molecule has 2 rings (SSSR count). The summed E-state index contributed by atoms with van der Waals surface area (Å²) in [6, 6.07) is 20.1. The second-order valence-electron chi connectivity index (χ2n) is 7.37. The van der Waals surface area contributed by atoms with Crippen molar-refractivity contribution in [2.45, 2.75) is 70.6 Å². The number of nitrogens with one attached hydrogen (secondary N) is 1. The molecule has 0 aliphatic rings. The Hall–Kier alpha value is -2.09. The Morgan fingerprint density at radius 2 is 1.15 bits per heavy atom. The minimum Gasteiger partial charge on any atom is -0.355 e. The van der Waals surface area contributed by atoms with Gasteiger partial charge in [-0.1, -0.05) is 119 Å². The van der Waals surface area contributed by atoms with Crippen LogP contribution in [0.5, 0.6) is 0 Å². The monoisotopic (exact) mass is 365 g/mol. The Balaban J connectivity index is 1.73. The summed E-state index contributed by atoms with van der Waals surface area (Å²) < 4.78 is 0. The van der Waals surface area contributed by atoms with E-state index in [1.807, 2.05) is 60.7 Å². The lowest BCUT2D eigenvalue weighted by Crippen LogP contribution is -2.30. The highest BCUT2D eigenvalue weighted by Crippen LogP contribution is 2.24. The number of unbranched alkanes of at least 4 members (excludes halogenated alkanes) is 8. The van der Waals surface area contributed by atoms with Gasteiger partial charge in [-0.15, -0.1) is 0 Å². The highest BCUT2D eigenvalue weighted by Gasteiger charge is 2.21. The highest BCUT2D eigenvalue weighted by atomic mass is 16.1. The van der Waals surface area contributed by atoms with E-state index in [1.54, 1.807) is 0 Å². The van der Waals surface area contributed by atoms with E-state index in [0.29, 0.717) is 0 Å². The first-order valence-electron chi connectivity index (χ1n) is 10.7. The molecule has 0 bridgehead atoms. The van der Waals surface area contributed by atoms with Crippen LogP contribution in [-0.2, 0) is 4.79 Å². The van der Waals surface area contributed by atoms with Crippen molar-refractivity contribution < 1.29 is 4.79 Å². The van der Waals surface area contributed by atoms with E-state index in [4.69, 9.17) is 0 Å². The Morgan fingerprint density at radius 3 is 1.63 bits per heavy atom. The molecule has 2 nitrogen and oxygen atoms in total. The van der Waals surface area contributed by atoms with Gasteiger partial charge in [0.05, 0.1) is 5.92 Å². The van der Waals surface area contributed by atoms with Gasteiger partial charge in [-0.05, 0) is 17.5 Å². The van der Waals surface area contributed by atoms with Crippen molar-refractivity contribution in [2.24, 2.45) is 0 Å². The molecule has 0 aliphatic heterocycles. The Bertz CT molecular complexity index is 584. The fourth-order valence-electron chi connectivity index (χ4n) is 3.54. The van der Waals surface area contributed by atoms with Crippen LogP contribution in [0.1, 0.15) is 81.8 Å². The Kier molecular flexibility index (Phi) is 10.3. The zero-order valence-corrected chi connectivity index (χ0v) is 16.8. The number of benzene rings is 2. The predicted molar refractivity (Wildman–Crippen MR) is 115 cm³/mol. The van der Waals surface area contributed by atoms with Gasteiger partial charge in [0.25, 0.3) is 0 Å². The predicted octanol–water partition coefficient (Wildman–Crippen LogP) is 6.47. The molecule has 1 N–H and O–H groups in total. The van der Waals surface area contributed by atoms with Gasteiger partial charge < -0.3 is 5.32 Å². The maximum absolute atomic E-state index is 12.9. The molecule has 0 heterocycles. The minimum atomic E-state index is -0.231. The largest absolute Gasteiger partial charge is 0.355 e. The molecule has 146 valence electrons. The van der Waals surface area contributed by atoms with E-state index in [9.17, 15) is 4.79 Å². The summed E-state index contributed by atoms with van der Waals surface area (Å²) >= 11 is 0. The average Bonchev–Trinajstić information content (AvgIpc) is 2.71. The number of rotatable bonds is 13. The number of carbonyl (C=O) groups is 1. The molecule has 0 saturated carbocycles. The van der Waals surface area contributed by atoms with Crippen molar-refractivity contribution >= 4 is 5.91 Å². The molecule has 0 radical (unpaired) electrons. The van der Waals surface area contributed by atoms with Crippen LogP contribution in [0.2, 0.25) is 0 Å². The van der Waals surface area contributed by atoms with Crippen LogP contribution < -0.4 is 5.32 Å². The fraction of sp³-hybridized carbons (Fsp3) is 0.480. The van der Waals surface area contributed by atoms with Crippen molar-refractivity contribution in [3.8, 4) is 0 Å². The molecular formula is C25H35NO. The lowest BCUT2D eigenvalue weighted by molar-refractivity contribution is -0.121. The van der Waals surface area contributed by atoms with Crippen molar-refractivity contribution in [1.29, 1.82) is 0 Å². The molecule has 0 fully saturated rings. The zero-order chi connectivity index (χ0) is 19.2. The first-order valence-corrected chi connectivity index (χ1v) is 10.7. The van der Waals surface area contributed by atoms with Crippen LogP contribution in [0, 0.1) is 0 Å². The van der Waals surface area contributed by atoms with Gasteiger partial charge in [-0.25, -0.2) is 0 Å². The van der Waals surface area contributed by atoms with Crippen molar-refractivity contribution in [3.63, 3.8) is 0 Å². The molecule has 0 spiro atoms. The second-order valence-corrected chi connectivity index (χ2v) is 7.37. The Labute approximate surface area is 165 Å². The van der Waals surface area contributed by atoms with E-state index >= 15 is 0 Å². The second kappa shape index (κ2) is 13.1. The van der Waals surface area contributed by atoms with Gasteiger partial charge in [0.1, 0.15) is 0 Å². The van der Waals surface area contributed by atoms with E-state index in [1.165, 1.54) is 51.4 Å². The topological polar surface area (TPSA) is 29.1 Å². The number of hydrogen-bond acceptors (Lipinski definition) is 1. The molecule has 0 aromatic heterocycles. The summed E-state index contributed by atoms with van der Waals surface area (Å²) in [5, 5.41) is 3.16. The van der Waals surface area contributed by atoms with Crippen molar-refractivity contribution in [3.05, 3.63) is 71.8 Å². The van der Waals surface area contributed by atoms with Crippen LogP contribution in [0.25, 0.3) is 0 Å². The minimum absolute atomic E-state index is 0.104. The third kappa shape index (κ3) is 7.99. The number of hydrogen-bond donors (Lipinski definition) is 1. The molecule has 0 unspecified atom stereocenters. The zero-order valence-electron chi connectivity index (χ0n) is 16.8. The lowest BCUT2D eigenvalue weighted by Gasteiger charge is -2.18. The smallest absolute Gasteiger partial charge is 0.232 e. The van der Waals surface area contributed by atoms with Gasteiger partial charge in [0, 0.05) is 6.54 Å². The van der Waals surface area contributed by atoms with E-state index in [2.05, 4.69) is 12.2 Å². The summed E-state index contributed by atoms with van der Waals surface area (Å²) in [6.45, 7) is 3.03. The molecule has 0 atom stereocenters. The lowest BCUT2D eigenvalue weighted by atomic mass is 9.90. The van der Waals surface area contributed by atoms with Crippen LogP contribution in [0.15, 0.2) is 60.7 Å². The molecular weight excluding hydrogens is 330 g/mol. The van der Waals surface area contributed by atoms with Crippen molar-refractivity contribution in [1.82, 2.24) is 5.32 Å². The van der Waals surface area contributed by atoms with Crippen molar-refractivity contribution in [2.75, 3.05) is 6.54 Å². The molecule has 0 aliphatic carbocycles. The van der Waals surface area contributed by atoms with Crippen LogP contribution >= 0.6 is 0 Å². The molecule has 2 heteroatoms. The fourth-order valence-corrected chi connectivity index (χ4v) is 3.54. The maximum atomic E-state index is 12.9. The first kappa shape index (κ1) is 21.2. The van der Waals surface area contributed by atoms with E-state index in [-0.39, 0.29) is 11.8 Å². The normalized spacial score (nSPS) is 10.9. The first-order chi connectivity index (χ1) is 13.3. The highest BCUT2D eigenvalue weighted by molar-refractivity contribution is 5.87. The average molecular weight is 366 g/mol.